The van der Waals surface area contributed by atoms with Crippen molar-refractivity contribution in [3.8, 4) is 11.4 Å². The fourth-order valence-corrected chi connectivity index (χ4v) is 4.52. The highest BCUT2D eigenvalue weighted by Crippen LogP contribution is 2.32. The summed E-state index contributed by atoms with van der Waals surface area (Å²) in [6.45, 7) is 1.56. The number of imide groups is 1. The molecule has 0 bridgehead atoms. The maximum Gasteiger partial charge on any atom is 0.255 e. The summed E-state index contributed by atoms with van der Waals surface area (Å²) in [4.78, 5) is 71.1. The molecular weight excluding hydrogens is 488 g/mol. The third-order valence-electron chi connectivity index (χ3n) is 6.49. The monoisotopic (exact) mass is 512 g/mol. The molecule has 3 N–H and O–H groups in total. The lowest BCUT2D eigenvalue weighted by molar-refractivity contribution is -0.137. The van der Waals surface area contributed by atoms with Crippen molar-refractivity contribution in [2.45, 2.75) is 32.4 Å². The van der Waals surface area contributed by atoms with Crippen LogP contribution in [0, 0.1) is 0 Å². The predicted octanol–water partition coefficient (Wildman–Crippen LogP) is 2.16. The number of aromatic nitrogens is 2. The van der Waals surface area contributed by atoms with E-state index in [1.54, 1.807) is 54.7 Å². The number of nitrogens with one attached hydrogen (secondary N) is 3. The molecule has 4 amide bonds. The number of fused-ring (bicyclic) bond motifs is 1. The molecule has 1 aromatic heterocycles. The minimum absolute atomic E-state index is 0.0315. The van der Waals surface area contributed by atoms with Crippen molar-refractivity contribution in [3.05, 3.63) is 71.4 Å². The Hall–Kier alpha value is -4.93. The molecule has 5 rings (SSSR count). The third kappa shape index (κ3) is 4.99. The van der Waals surface area contributed by atoms with Crippen molar-refractivity contribution in [2.24, 2.45) is 0 Å². The molecule has 2 aliphatic heterocycles. The van der Waals surface area contributed by atoms with E-state index in [1.807, 2.05) is 0 Å². The van der Waals surface area contributed by atoms with Gasteiger partial charge in [-0.1, -0.05) is 30.3 Å². The molecule has 1 unspecified atom stereocenters. The second-order valence-corrected chi connectivity index (χ2v) is 9.03. The van der Waals surface area contributed by atoms with Gasteiger partial charge >= 0.3 is 0 Å². The third-order valence-corrected chi connectivity index (χ3v) is 6.49. The Morgan fingerprint density at radius 1 is 1.08 bits per heavy atom. The molecule has 1 fully saturated rings. The smallest absolute Gasteiger partial charge is 0.255 e. The lowest BCUT2D eigenvalue weighted by atomic mass is 10.0. The highest BCUT2D eigenvalue weighted by Gasteiger charge is 2.39. The zero-order chi connectivity index (χ0) is 26.8. The maximum absolute atomic E-state index is 13.0. The second kappa shape index (κ2) is 10.2. The normalized spacial score (nSPS) is 16.6. The topological polar surface area (TPSA) is 150 Å². The molecule has 0 radical (unpaired) electrons. The van der Waals surface area contributed by atoms with Crippen LogP contribution in [0.15, 0.2) is 54.7 Å². The minimum atomic E-state index is -0.733. The number of amides is 4. The van der Waals surface area contributed by atoms with E-state index in [1.165, 1.54) is 11.8 Å². The van der Waals surface area contributed by atoms with Gasteiger partial charge in [-0.2, -0.15) is 0 Å². The van der Waals surface area contributed by atoms with Gasteiger partial charge in [-0.25, -0.2) is 9.97 Å². The summed E-state index contributed by atoms with van der Waals surface area (Å²) < 4.78 is 0. The van der Waals surface area contributed by atoms with Crippen LogP contribution in [-0.2, 0) is 20.9 Å². The van der Waals surface area contributed by atoms with Gasteiger partial charge in [0.2, 0.25) is 17.7 Å². The Labute approximate surface area is 217 Å². The van der Waals surface area contributed by atoms with Crippen LogP contribution in [0.4, 0.5) is 11.5 Å². The first-order chi connectivity index (χ1) is 18.3. The number of hydrogen-bond donors (Lipinski definition) is 3. The molecule has 3 heterocycles. The average Bonchev–Trinajstić information content (AvgIpc) is 3.25. The van der Waals surface area contributed by atoms with E-state index < -0.39 is 11.9 Å². The zero-order valence-electron chi connectivity index (χ0n) is 20.5. The lowest BCUT2D eigenvalue weighted by Gasteiger charge is -2.29. The van der Waals surface area contributed by atoms with Crippen molar-refractivity contribution in [1.29, 1.82) is 0 Å². The molecule has 192 valence electrons. The quantitative estimate of drug-likeness (QED) is 0.322. The minimum Gasteiger partial charge on any atom is -0.361 e. The van der Waals surface area contributed by atoms with Gasteiger partial charge in [0.15, 0.2) is 11.6 Å². The Kier molecular flexibility index (Phi) is 6.65. The van der Waals surface area contributed by atoms with Gasteiger partial charge in [0.25, 0.3) is 5.91 Å². The summed E-state index contributed by atoms with van der Waals surface area (Å²) in [6, 6.07) is 12.9. The number of hydrogen-bond acceptors (Lipinski definition) is 8. The number of carbonyl (C=O) groups excluding carboxylic acids is 5. The molecule has 1 saturated heterocycles. The van der Waals surface area contributed by atoms with E-state index in [-0.39, 0.29) is 49.4 Å². The van der Waals surface area contributed by atoms with Crippen molar-refractivity contribution in [1.82, 2.24) is 20.2 Å². The van der Waals surface area contributed by atoms with Crippen molar-refractivity contribution in [3.63, 3.8) is 0 Å². The number of rotatable bonds is 7. The van der Waals surface area contributed by atoms with Gasteiger partial charge < -0.3 is 15.5 Å². The fourth-order valence-electron chi connectivity index (χ4n) is 4.52. The van der Waals surface area contributed by atoms with Gasteiger partial charge in [-0.15, -0.1) is 0 Å². The van der Waals surface area contributed by atoms with Crippen LogP contribution in [-0.4, -0.2) is 56.9 Å². The molecule has 11 heteroatoms. The van der Waals surface area contributed by atoms with Gasteiger partial charge in [0.05, 0.1) is 6.54 Å². The maximum atomic E-state index is 13.0. The first-order valence-electron chi connectivity index (χ1n) is 12.0. The largest absolute Gasteiger partial charge is 0.361 e. The van der Waals surface area contributed by atoms with Crippen LogP contribution in [0.25, 0.3) is 11.4 Å². The average molecular weight is 513 g/mol. The molecular formula is C27H24N6O5. The number of nitrogens with zero attached hydrogens (tertiary/aromatic N) is 3. The Bertz CT molecular complexity index is 1470. The van der Waals surface area contributed by atoms with Crippen molar-refractivity contribution >= 4 is 40.9 Å². The van der Waals surface area contributed by atoms with E-state index in [0.29, 0.717) is 34.0 Å². The highest BCUT2D eigenvalue weighted by atomic mass is 16.2. The van der Waals surface area contributed by atoms with Crippen LogP contribution in [0.5, 0.6) is 0 Å². The number of anilines is 2. The molecule has 0 saturated carbocycles. The molecule has 11 nitrogen and oxygen atoms in total. The van der Waals surface area contributed by atoms with Gasteiger partial charge in [0, 0.05) is 47.1 Å². The summed E-state index contributed by atoms with van der Waals surface area (Å²) in [5.41, 5.74) is 2.83. The van der Waals surface area contributed by atoms with Crippen molar-refractivity contribution < 1.29 is 24.0 Å². The molecule has 1 atom stereocenters. The number of piperidine rings is 1. The summed E-state index contributed by atoms with van der Waals surface area (Å²) in [7, 11) is 0. The number of carbonyl (C=O) groups is 5. The standard InChI is InChI=1S/C27H24N6O5/c1-15(34)16-5-7-17(8-6-16)25-28-12-11-22(31-25)29-13-24(36)30-20-4-2-3-18-19(20)14-33(27(18)38)21-9-10-23(35)32-26(21)37/h2-8,11-12,21H,9-10,13-14H2,1H3,(H,30,36)(H,28,29,31)(H,32,35,37). The van der Waals surface area contributed by atoms with E-state index in [4.69, 9.17) is 0 Å². The SMILES string of the molecule is CC(=O)c1ccc(-c2nccc(NCC(=O)Nc3cccc4c3CN(C3CCC(=O)NC3=O)C4=O)n2)cc1. The number of Topliss-reactive ketones (excluding diaryl/α,β-unsaturated/α-hetero) is 1. The zero-order valence-corrected chi connectivity index (χ0v) is 20.5. The van der Waals surface area contributed by atoms with Crippen LogP contribution >= 0.6 is 0 Å². The molecule has 0 spiro atoms. The first-order valence-corrected chi connectivity index (χ1v) is 12.0. The lowest BCUT2D eigenvalue weighted by Crippen LogP contribution is -2.52. The highest BCUT2D eigenvalue weighted by molar-refractivity contribution is 6.07. The van der Waals surface area contributed by atoms with E-state index >= 15 is 0 Å². The van der Waals surface area contributed by atoms with Crippen LogP contribution in [0.1, 0.15) is 46.0 Å². The van der Waals surface area contributed by atoms with Crippen LogP contribution in [0.2, 0.25) is 0 Å². The molecule has 3 aromatic rings. The predicted molar refractivity (Wildman–Crippen MR) is 137 cm³/mol. The summed E-state index contributed by atoms with van der Waals surface area (Å²) in [5.74, 6) is -0.647. The van der Waals surface area contributed by atoms with E-state index in [0.717, 1.165) is 5.56 Å². The van der Waals surface area contributed by atoms with Crippen LogP contribution < -0.4 is 16.0 Å². The first kappa shape index (κ1) is 24.8. The number of benzene rings is 2. The molecule has 38 heavy (non-hydrogen) atoms. The van der Waals surface area contributed by atoms with E-state index in [9.17, 15) is 24.0 Å². The Balaban J connectivity index is 1.23. The van der Waals surface area contributed by atoms with Crippen LogP contribution in [0.3, 0.4) is 0 Å². The summed E-state index contributed by atoms with van der Waals surface area (Å²) in [5, 5.41) is 8.08. The Morgan fingerprint density at radius 2 is 1.87 bits per heavy atom. The number of ketones is 1. The summed E-state index contributed by atoms with van der Waals surface area (Å²) >= 11 is 0. The fraction of sp³-hybridized carbons (Fsp3) is 0.222. The van der Waals surface area contributed by atoms with Gasteiger partial charge in [0.1, 0.15) is 11.9 Å². The van der Waals surface area contributed by atoms with Gasteiger partial charge in [-0.05, 0) is 31.5 Å². The molecule has 2 aromatic carbocycles. The van der Waals surface area contributed by atoms with E-state index in [2.05, 4.69) is 25.9 Å². The van der Waals surface area contributed by atoms with Gasteiger partial charge in [-0.3, -0.25) is 29.3 Å². The Morgan fingerprint density at radius 3 is 2.61 bits per heavy atom. The van der Waals surface area contributed by atoms with Crippen molar-refractivity contribution in [2.75, 3.05) is 17.2 Å². The molecule has 2 aliphatic rings. The second-order valence-electron chi connectivity index (χ2n) is 9.03. The molecule has 0 aliphatic carbocycles. The summed E-state index contributed by atoms with van der Waals surface area (Å²) in [6.07, 6.45) is 2.00.